The third-order valence-electron chi connectivity index (χ3n) is 4.22. The first-order chi connectivity index (χ1) is 14.1. The van der Waals surface area contributed by atoms with Crippen molar-refractivity contribution >= 4 is 35.3 Å². The van der Waals surface area contributed by atoms with Crippen molar-refractivity contribution in [1.82, 2.24) is 0 Å². The van der Waals surface area contributed by atoms with Gasteiger partial charge in [0.05, 0.1) is 0 Å². The van der Waals surface area contributed by atoms with E-state index in [1.54, 1.807) is 24.3 Å². The molecule has 4 nitrogen and oxygen atoms in total. The van der Waals surface area contributed by atoms with Crippen molar-refractivity contribution in [2.75, 3.05) is 10.6 Å². The number of amides is 2. The standard InChI is InChI=1S/C25H22N2O2/c1-19-12-15-22(26-24(28)16-13-20-8-4-2-5-9-20)18-23(19)27-25(29)17-14-21-10-6-3-7-11-21/h2-18H,1H3,(H,26,28)(H,27,29)/b16-13+,17-14+. The normalized spacial score (nSPS) is 10.9. The Kier molecular flexibility index (Phi) is 6.74. The summed E-state index contributed by atoms with van der Waals surface area (Å²) < 4.78 is 0. The summed E-state index contributed by atoms with van der Waals surface area (Å²) in [6.45, 7) is 1.90. The molecule has 0 heterocycles. The van der Waals surface area contributed by atoms with Crippen LogP contribution in [0.4, 0.5) is 11.4 Å². The molecule has 4 heteroatoms. The average Bonchev–Trinajstić information content (AvgIpc) is 2.75. The quantitative estimate of drug-likeness (QED) is 0.569. The molecule has 0 aliphatic rings. The molecule has 29 heavy (non-hydrogen) atoms. The maximum absolute atomic E-state index is 12.2. The van der Waals surface area contributed by atoms with Crippen LogP contribution in [-0.2, 0) is 9.59 Å². The van der Waals surface area contributed by atoms with Crippen molar-refractivity contribution in [3.8, 4) is 0 Å². The largest absolute Gasteiger partial charge is 0.322 e. The van der Waals surface area contributed by atoms with Crippen molar-refractivity contribution in [3.05, 3.63) is 108 Å². The van der Waals surface area contributed by atoms with E-state index in [0.717, 1.165) is 16.7 Å². The molecule has 0 spiro atoms. The fourth-order valence-corrected chi connectivity index (χ4v) is 2.66. The first-order valence-electron chi connectivity index (χ1n) is 9.29. The summed E-state index contributed by atoms with van der Waals surface area (Å²) in [4.78, 5) is 24.4. The zero-order valence-electron chi connectivity index (χ0n) is 16.1. The number of carbonyl (C=O) groups excluding carboxylic acids is 2. The van der Waals surface area contributed by atoms with Gasteiger partial charge < -0.3 is 10.6 Å². The smallest absolute Gasteiger partial charge is 0.248 e. The lowest BCUT2D eigenvalue weighted by Crippen LogP contribution is -2.11. The van der Waals surface area contributed by atoms with Crippen LogP contribution in [0.1, 0.15) is 16.7 Å². The Morgan fingerprint density at radius 2 is 1.21 bits per heavy atom. The van der Waals surface area contributed by atoms with E-state index < -0.39 is 0 Å². The van der Waals surface area contributed by atoms with Crippen molar-refractivity contribution < 1.29 is 9.59 Å². The summed E-state index contributed by atoms with van der Waals surface area (Å²) in [5.74, 6) is -0.469. The molecular weight excluding hydrogens is 360 g/mol. The van der Waals surface area contributed by atoms with Gasteiger partial charge in [0.2, 0.25) is 11.8 Å². The molecule has 3 aromatic carbocycles. The van der Waals surface area contributed by atoms with Gasteiger partial charge in [-0.1, -0.05) is 66.7 Å². The highest BCUT2D eigenvalue weighted by atomic mass is 16.2. The van der Waals surface area contributed by atoms with E-state index in [0.29, 0.717) is 11.4 Å². The van der Waals surface area contributed by atoms with Gasteiger partial charge in [0.1, 0.15) is 0 Å². The van der Waals surface area contributed by atoms with E-state index in [4.69, 9.17) is 0 Å². The van der Waals surface area contributed by atoms with Crippen LogP contribution in [-0.4, -0.2) is 11.8 Å². The molecule has 2 amide bonds. The molecule has 3 rings (SSSR count). The van der Waals surface area contributed by atoms with E-state index in [-0.39, 0.29) is 11.8 Å². The van der Waals surface area contributed by atoms with E-state index in [9.17, 15) is 9.59 Å². The first-order valence-corrected chi connectivity index (χ1v) is 9.29. The molecule has 0 fully saturated rings. The molecule has 0 atom stereocenters. The Labute approximate surface area is 170 Å². The number of hydrogen-bond acceptors (Lipinski definition) is 2. The van der Waals surface area contributed by atoms with Gasteiger partial charge >= 0.3 is 0 Å². The second-order valence-electron chi connectivity index (χ2n) is 6.50. The monoisotopic (exact) mass is 382 g/mol. The van der Waals surface area contributed by atoms with E-state index in [1.165, 1.54) is 12.2 Å². The highest BCUT2D eigenvalue weighted by Crippen LogP contribution is 2.20. The minimum atomic E-state index is -0.237. The van der Waals surface area contributed by atoms with Crippen LogP contribution in [0.25, 0.3) is 12.2 Å². The summed E-state index contributed by atoms with van der Waals surface area (Å²) in [5, 5.41) is 5.67. The third kappa shape index (κ3) is 6.33. The Hall–Kier alpha value is -3.92. The van der Waals surface area contributed by atoms with Gasteiger partial charge in [0, 0.05) is 23.5 Å². The molecule has 0 radical (unpaired) electrons. The van der Waals surface area contributed by atoms with Gasteiger partial charge in [-0.25, -0.2) is 0 Å². The average molecular weight is 382 g/mol. The molecule has 144 valence electrons. The molecule has 0 bridgehead atoms. The highest BCUT2D eigenvalue weighted by Gasteiger charge is 2.05. The zero-order chi connectivity index (χ0) is 20.5. The van der Waals surface area contributed by atoms with Crippen LogP contribution in [0.5, 0.6) is 0 Å². The number of carbonyl (C=O) groups is 2. The fraction of sp³-hybridized carbons (Fsp3) is 0.0400. The van der Waals surface area contributed by atoms with Gasteiger partial charge in [0.15, 0.2) is 0 Å². The number of rotatable bonds is 6. The maximum atomic E-state index is 12.2. The lowest BCUT2D eigenvalue weighted by molar-refractivity contribution is -0.112. The SMILES string of the molecule is Cc1ccc(NC(=O)/C=C/c2ccccc2)cc1NC(=O)/C=C/c1ccccc1. The van der Waals surface area contributed by atoms with Crippen molar-refractivity contribution in [1.29, 1.82) is 0 Å². The van der Waals surface area contributed by atoms with E-state index >= 15 is 0 Å². The van der Waals surface area contributed by atoms with Gasteiger partial charge in [-0.2, -0.15) is 0 Å². The summed E-state index contributed by atoms with van der Waals surface area (Å²) in [7, 11) is 0. The van der Waals surface area contributed by atoms with Crippen molar-refractivity contribution in [2.45, 2.75) is 6.92 Å². The fourth-order valence-electron chi connectivity index (χ4n) is 2.66. The van der Waals surface area contributed by atoms with Gasteiger partial charge in [0.25, 0.3) is 0 Å². The lowest BCUT2D eigenvalue weighted by Gasteiger charge is -2.10. The number of anilines is 2. The van der Waals surface area contributed by atoms with Gasteiger partial charge in [-0.05, 0) is 47.9 Å². The topological polar surface area (TPSA) is 58.2 Å². The Morgan fingerprint density at radius 1 is 0.690 bits per heavy atom. The molecule has 3 aromatic rings. The minimum Gasteiger partial charge on any atom is -0.322 e. The van der Waals surface area contributed by atoms with Crippen molar-refractivity contribution in [3.63, 3.8) is 0 Å². The number of aryl methyl sites for hydroxylation is 1. The van der Waals surface area contributed by atoms with Gasteiger partial charge in [-0.3, -0.25) is 9.59 Å². The molecule has 0 aliphatic heterocycles. The van der Waals surface area contributed by atoms with E-state index in [1.807, 2.05) is 73.7 Å². The molecular formula is C25H22N2O2. The number of hydrogen-bond donors (Lipinski definition) is 2. The van der Waals surface area contributed by atoms with Crippen LogP contribution in [0.15, 0.2) is 91.0 Å². The minimum absolute atomic E-state index is 0.232. The number of nitrogens with one attached hydrogen (secondary N) is 2. The van der Waals surface area contributed by atoms with Crippen LogP contribution in [0.3, 0.4) is 0 Å². The summed E-state index contributed by atoms with van der Waals surface area (Å²) in [6.07, 6.45) is 6.48. The summed E-state index contributed by atoms with van der Waals surface area (Å²) in [6, 6.07) is 24.6. The molecule has 0 unspecified atom stereocenters. The molecule has 0 aromatic heterocycles. The molecule has 0 saturated carbocycles. The summed E-state index contributed by atoms with van der Waals surface area (Å²) in [5.41, 5.74) is 4.07. The first kappa shape index (κ1) is 19.8. The molecule has 2 N–H and O–H groups in total. The summed E-state index contributed by atoms with van der Waals surface area (Å²) >= 11 is 0. The molecule has 0 saturated heterocycles. The second kappa shape index (κ2) is 9.85. The van der Waals surface area contributed by atoms with Crippen LogP contribution in [0.2, 0.25) is 0 Å². The third-order valence-corrected chi connectivity index (χ3v) is 4.22. The molecule has 0 aliphatic carbocycles. The second-order valence-corrected chi connectivity index (χ2v) is 6.50. The Morgan fingerprint density at radius 3 is 1.76 bits per heavy atom. The van der Waals surface area contributed by atoms with Crippen molar-refractivity contribution in [2.24, 2.45) is 0 Å². The maximum Gasteiger partial charge on any atom is 0.248 e. The highest BCUT2D eigenvalue weighted by molar-refractivity contribution is 6.04. The van der Waals surface area contributed by atoms with Crippen LogP contribution < -0.4 is 10.6 Å². The Bertz CT molecular complexity index is 1040. The zero-order valence-corrected chi connectivity index (χ0v) is 16.1. The predicted octanol–water partition coefficient (Wildman–Crippen LogP) is 5.30. The number of benzene rings is 3. The van der Waals surface area contributed by atoms with E-state index in [2.05, 4.69) is 10.6 Å². The van der Waals surface area contributed by atoms with Crippen LogP contribution in [0, 0.1) is 6.92 Å². The predicted molar refractivity (Wildman–Crippen MR) is 119 cm³/mol. The van der Waals surface area contributed by atoms with Gasteiger partial charge in [-0.15, -0.1) is 0 Å². The Balaban J connectivity index is 1.63. The lowest BCUT2D eigenvalue weighted by atomic mass is 10.1. The van der Waals surface area contributed by atoms with Crippen LogP contribution >= 0.6 is 0 Å².